The van der Waals surface area contributed by atoms with Gasteiger partial charge < -0.3 is 15.8 Å². The average Bonchev–Trinajstić information content (AvgIpc) is 2.34. The van der Waals surface area contributed by atoms with Gasteiger partial charge in [0, 0.05) is 6.20 Å². The van der Waals surface area contributed by atoms with E-state index >= 15 is 0 Å². The number of aliphatic carboxylic acids is 1. The molecule has 5 nitrogen and oxygen atoms in total. The molecular weight excluding hydrogens is 158 g/mol. The SMILES string of the molecule is Cc1ncc(C(N)CC(=O)O)[nH]1. The molecule has 0 fully saturated rings. The Hall–Kier alpha value is -1.36. The molecule has 66 valence electrons. The highest BCUT2D eigenvalue weighted by Crippen LogP contribution is 2.10. The highest BCUT2D eigenvalue weighted by molar-refractivity contribution is 5.67. The third-order valence-corrected chi connectivity index (χ3v) is 1.52. The quantitative estimate of drug-likeness (QED) is 0.602. The number of aromatic nitrogens is 2. The van der Waals surface area contributed by atoms with Gasteiger partial charge in [-0.25, -0.2) is 4.98 Å². The van der Waals surface area contributed by atoms with Gasteiger partial charge in [-0.15, -0.1) is 0 Å². The lowest BCUT2D eigenvalue weighted by Gasteiger charge is -2.04. The van der Waals surface area contributed by atoms with E-state index in [0.29, 0.717) is 5.69 Å². The highest BCUT2D eigenvalue weighted by atomic mass is 16.4. The van der Waals surface area contributed by atoms with Gasteiger partial charge in [-0.05, 0) is 6.92 Å². The van der Waals surface area contributed by atoms with Crippen LogP contribution in [0.4, 0.5) is 0 Å². The largest absolute Gasteiger partial charge is 0.481 e. The maximum atomic E-state index is 10.3. The molecule has 1 aromatic rings. The zero-order valence-corrected chi connectivity index (χ0v) is 6.74. The zero-order chi connectivity index (χ0) is 9.14. The van der Waals surface area contributed by atoms with Gasteiger partial charge in [-0.1, -0.05) is 0 Å². The molecule has 12 heavy (non-hydrogen) atoms. The number of hydrogen-bond acceptors (Lipinski definition) is 3. The molecule has 0 aliphatic rings. The average molecular weight is 169 g/mol. The molecule has 0 aliphatic carbocycles. The summed E-state index contributed by atoms with van der Waals surface area (Å²) in [6.45, 7) is 1.79. The Morgan fingerprint density at radius 1 is 1.92 bits per heavy atom. The van der Waals surface area contributed by atoms with Crippen LogP contribution in [0.15, 0.2) is 6.20 Å². The molecule has 1 aromatic heterocycles. The Kier molecular flexibility index (Phi) is 2.44. The van der Waals surface area contributed by atoms with Gasteiger partial charge in [-0.3, -0.25) is 4.79 Å². The standard InChI is InChI=1S/C7H11N3O2/c1-4-9-3-6(10-4)5(8)2-7(11)12/h3,5H,2,8H2,1H3,(H,9,10)(H,11,12). The second kappa shape index (κ2) is 3.36. The molecule has 4 N–H and O–H groups in total. The van der Waals surface area contributed by atoms with Crippen molar-refractivity contribution in [2.24, 2.45) is 5.73 Å². The van der Waals surface area contributed by atoms with Gasteiger partial charge >= 0.3 is 5.97 Å². The molecule has 1 unspecified atom stereocenters. The number of H-pyrrole nitrogens is 1. The summed E-state index contributed by atoms with van der Waals surface area (Å²) < 4.78 is 0. The fourth-order valence-corrected chi connectivity index (χ4v) is 0.926. The third kappa shape index (κ3) is 2.06. The monoisotopic (exact) mass is 169 g/mol. The van der Waals surface area contributed by atoms with Crippen molar-refractivity contribution in [3.05, 3.63) is 17.7 Å². The van der Waals surface area contributed by atoms with Crippen molar-refractivity contribution >= 4 is 5.97 Å². The van der Waals surface area contributed by atoms with Crippen molar-refractivity contribution in [2.45, 2.75) is 19.4 Å². The van der Waals surface area contributed by atoms with Crippen LogP contribution in [0.2, 0.25) is 0 Å². The lowest BCUT2D eigenvalue weighted by molar-refractivity contribution is -0.137. The van der Waals surface area contributed by atoms with Crippen molar-refractivity contribution in [3.8, 4) is 0 Å². The molecule has 0 bridgehead atoms. The smallest absolute Gasteiger partial charge is 0.305 e. The number of nitrogens with two attached hydrogens (primary N) is 1. The summed E-state index contributed by atoms with van der Waals surface area (Å²) >= 11 is 0. The van der Waals surface area contributed by atoms with E-state index in [1.165, 1.54) is 0 Å². The number of aryl methyl sites for hydroxylation is 1. The van der Waals surface area contributed by atoms with Gasteiger partial charge in [0.2, 0.25) is 0 Å². The summed E-state index contributed by atoms with van der Waals surface area (Å²) in [6, 6.07) is -0.497. The van der Waals surface area contributed by atoms with Crippen LogP contribution in [-0.2, 0) is 4.79 Å². The Morgan fingerprint density at radius 2 is 2.58 bits per heavy atom. The number of imidazole rings is 1. The second-order valence-corrected chi connectivity index (χ2v) is 2.63. The maximum absolute atomic E-state index is 10.3. The van der Waals surface area contributed by atoms with Crippen molar-refractivity contribution < 1.29 is 9.90 Å². The molecule has 1 atom stereocenters. The molecule has 0 saturated heterocycles. The minimum absolute atomic E-state index is 0.0817. The third-order valence-electron chi connectivity index (χ3n) is 1.52. The van der Waals surface area contributed by atoms with E-state index in [1.807, 2.05) is 0 Å². The van der Waals surface area contributed by atoms with Gasteiger partial charge in [0.05, 0.1) is 18.2 Å². The van der Waals surface area contributed by atoms with Gasteiger partial charge in [-0.2, -0.15) is 0 Å². The van der Waals surface area contributed by atoms with E-state index in [2.05, 4.69) is 9.97 Å². The predicted octanol–water partition coefficient (Wildman–Crippen LogP) is 0.193. The van der Waals surface area contributed by atoms with Crippen molar-refractivity contribution in [1.82, 2.24) is 9.97 Å². The lowest BCUT2D eigenvalue weighted by atomic mass is 10.2. The number of nitrogens with zero attached hydrogens (tertiary/aromatic N) is 1. The Labute approximate surface area is 69.6 Å². The van der Waals surface area contributed by atoms with Gasteiger partial charge in [0.25, 0.3) is 0 Å². The maximum Gasteiger partial charge on any atom is 0.305 e. The first-order valence-electron chi connectivity index (χ1n) is 3.58. The van der Waals surface area contributed by atoms with Gasteiger partial charge in [0.15, 0.2) is 0 Å². The van der Waals surface area contributed by atoms with Crippen molar-refractivity contribution in [3.63, 3.8) is 0 Å². The lowest BCUT2D eigenvalue weighted by Crippen LogP contribution is -2.15. The first-order valence-corrected chi connectivity index (χ1v) is 3.58. The summed E-state index contributed by atoms with van der Waals surface area (Å²) in [4.78, 5) is 17.1. The molecule has 1 heterocycles. The Bertz CT molecular complexity index is 282. The molecule has 0 amide bonds. The second-order valence-electron chi connectivity index (χ2n) is 2.63. The molecule has 0 saturated carbocycles. The van der Waals surface area contributed by atoms with Crippen molar-refractivity contribution in [2.75, 3.05) is 0 Å². The van der Waals surface area contributed by atoms with Crippen LogP contribution < -0.4 is 5.73 Å². The summed E-state index contributed by atoms with van der Waals surface area (Å²) in [5, 5.41) is 8.44. The number of rotatable bonds is 3. The van der Waals surface area contributed by atoms with Crippen LogP contribution in [0.5, 0.6) is 0 Å². The molecule has 0 aliphatic heterocycles. The number of aromatic amines is 1. The summed E-state index contributed by atoms with van der Waals surface area (Å²) in [5.41, 5.74) is 6.22. The van der Waals surface area contributed by atoms with Crippen molar-refractivity contribution in [1.29, 1.82) is 0 Å². The summed E-state index contributed by atoms with van der Waals surface area (Å²) in [6.07, 6.45) is 1.48. The minimum Gasteiger partial charge on any atom is -0.481 e. The van der Waals surface area contributed by atoms with Crippen LogP contribution in [0.3, 0.4) is 0 Å². The van der Waals surface area contributed by atoms with Crippen LogP contribution in [0, 0.1) is 6.92 Å². The Balaban J connectivity index is 2.64. The fourth-order valence-electron chi connectivity index (χ4n) is 0.926. The molecule has 5 heteroatoms. The number of nitrogens with one attached hydrogen (secondary N) is 1. The normalized spacial score (nSPS) is 12.8. The molecule has 1 rings (SSSR count). The molecule has 0 spiro atoms. The van der Waals surface area contributed by atoms with Crippen LogP contribution in [0.1, 0.15) is 24.0 Å². The molecule has 0 aromatic carbocycles. The molecule has 0 radical (unpaired) electrons. The first-order chi connectivity index (χ1) is 5.59. The van der Waals surface area contributed by atoms with E-state index in [0.717, 1.165) is 5.82 Å². The van der Waals surface area contributed by atoms with Crippen LogP contribution in [-0.4, -0.2) is 21.0 Å². The number of carboxylic acids is 1. The van der Waals surface area contributed by atoms with Gasteiger partial charge in [0.1, 0.15) is 5.82 Å². The van der Waals surface area contributed by atoms with Crippen LogP contribution >= 0.6 is 0 Å². The number of carbonyl (C=O) groups is 1. The van der Waals surface area contributed by atoms with E-state index in [4.69, 9.17) is 10.8 Å². The summed E-state index contributed by atoms with van der Waals surface area (Å²) in [5.74, 6) is -0.166. The van der Waals surface area contributed by atoms with Crippen LogP contribution in [0.25, 0.3) is 0 Å². The van der Waals surface area contributed by atoms with E-state index in [9.17, 15) is 4.79 Å². The molecular formula is C7H11N3O2. The Morgan fingerprint density at radius 3 is 3.00 bits per heavy atom. The topological polar surface area (TPSA) is 92.0 Å². The fraction of sp³-hybridized carbons (Fsp3) is 0.429. The zero-order valence-electron chi connectivity index (χ0n) is 6.74. The predicted molar refractivity (Wildman–Crippen MR) is 42.5 cm³/mol. The first kappa shape index (κ1) is 8.73. The number of hydrogen-bond donors (Lipinski definition) is 3. The van der Waals surface area contributed by atoms with E-state index < -0.39 is 12.0 Å². The van der Waals surface area contributed by atoms with E-state index in [1.54, 1.807) is 13.1 Å². The highest BCUT2D eigenvalue weighted by Gasteiger charge is 2.11. The minimum atomic E-state index is -0.908. The number of carboxylic acid groups (broad SMARTS) is 1. The summed E-state index contributed by atoms with van der Waals surface area (Å²) in [7, 11) is 0. The van der Waals surface area contributed by atoms with E-state index in [-0.39, 0.29) is 6.42 Å².